The number of thioether (sulfide) groups is 1. The molecule has 0 amide bonds. The average Bonchev–Trinajstić information content (AvgIpc) is 2.77. The molecule has 1 atom stereocenters. The second-order valence-corrected chi connectivity index (χ2v) is 13.4. The summed E-state index contributed by atoms with van der Waals surface area (Å²) >= 11 is 1.61. The van der Waals surface area contributed by atoms with E-state index in [4.69, 9.17) is 25.4 Å². The maximum Gasteiger partial charge on any atom is 0.203 e. The van der Waals surface area contributed by atoms with Gasteiger partial charge in [0.15, 0.2) is 14.1 Å². The Morgan fingerprint density at radius 3 is 2.54 bits per heavy atom. The highest BCUT2D eigenvalue weighted by atomic mass is 32.2. The van der Waals surface area contributed by atoms with Crippen LogP contribution in [0.15, 0.2) is 16.5 Å². The van der Waals surface area contributed by atoms with Gasteiger partial charge in [-0.1, -0.05) is 20.8 Å². The molecule has 140 valence electrons. The molecule has 0 radical (unpaired) electrons. The maximum absolute atomic E-state index is 6.27. The average molecular weight is 376 g/mol. The summed E-state index contributed by atoms with van der Waals surface area (Å²) in [6.07, 6.45) is 3.44. The van der Waals surface area contributed by atoms with Gasteiger partial charge in [0.05, 0.1) is 19.2 Å². The van der Waals surface area contributed by atoms with Crippen LogP contribution in [0.4, 0.5) is 0 Å². The third kappa shape index (κ3) is 6.07. The molecule has 24 heavy (non-hydrogen) atoms. The van der Waals surface area contributed by atoms with E-state index in [0.29, 0.717) is 19.0 Å². The Hall–Kier alpha value is -0.543. The number of ether oxygens (including phenoxy) is 2. The van der Waals surface area contributed by atoms with Crippen molar-refractivity contribution in [3.63, 3.8) is 0 Å². The quantitative estimate of drug-likeness (QED) is 0.385. The van der Waals surface area contributed by atoms with Crippen molar-refractivity contribution in [2.24, 2.45) is 16.5 Å². The van der Waals surface area contributed by atoms with Gasteiger partial charge in [0.2, 0.25) is 5.72 Å². The molecule has 0 aromatic rings. The zero-order chi connectivity index (χ0) is 18.6. The summed E-state index contributed by atoms with van der Waals surface area (Å²) < 4.78 is 18.2. The molecule has 1 rings (SSSR count). The second-order valence-electron chi connectivity index (χ2n) is 7.76. The van der Waals surface area contributed by atoms with Crippen molar-refractivity contribution < 1.29 is 13.9 Å². The molecule has 4 N–H and O–H groups in total. The maximum atomic E-state index is 6.27. The van der Waals surface area contributed by atoms with Crippen LogP contribution < -0.4 is 11.5 Å². The molecule has 0 spiro atoms. The highest BCUT2D eigenvalue weighted by molar-refractivity contribution is 7.98. The van der Waals surface area contributed by atoms with Crippen LogP contribution >= 0.6 is 11.8 Å². The fourth-order valence-electron chi connectivity index (χ4n) is 1.90. The molecule has 0 fully saturated rings. The zero-order valence-electron chi connectivity index (χ0n) is 16.0. The van der Waals surface area contributed by atoms with Gasteiger partial charge in [-0.2, -0.15) is 0 Å². The SMILES string of the molecule is CSCOC1=C(CO[Si](C)(C)C(C)(C)C)OC(C)(N=CC(N)N)C1. The van der Waals surface area contributed by atoms with E-state index in [2.05, 4.69) is 38.9 Å². The molecule has 1 aliphatic heterocycles. The summed E-state index contributed by atoms with van der Waals surface area (Å²) in [5.41, 5.74) is 10.4. The van der Waals surface area contributed by atoms with E-state index in [9.17, 15) is 0 Å². The van der Waals surface area contributed by atoms with Gasteiger partial charge in [-0.3, -0.25) is 0 Å². The molecule has 0 aromatic heterocycles. The lowest BCUT2D eigenvalue weighted by Crippen LogP contribution is -2.41. The number of hydrogen-bond acceptors (Lipinski definition) is 7. The van der Waals surface area contributed by atoms with Crippen molar-refractivity contribution in [2.45, 2.75) is 64.1 Å². The van der Waals surface area contributed by atoms with Crippen molar-refractivity contribution >= 4 is 26.3 Å². The Morgan fingerprint density at radius 1 is 1.42 bits per heavy atom. The first kappa shape index (κ1) is 21.5. The highest BCUT2D eigenvalue weighted by Crippen LogP contribution is 2.39. The van der Waals surface area contributed by atoms with Gasteiger partial charge in [0.25, 0.3) is 0 Å². The van der Waals surface area contributed by atoms with Crippen molar-refractivity contribution in [2.75, 3.05) is 18.8 Å². The van der Waals surface area contributed by atoms with Gasteiger partial charge in [0, 0.05) is 6.21 Å². The summed E-state index contributed by atoms with van der Waals surface area (Å²) in [6, 6.07) is 0. The molecule has 0 saturated heterocycles. The minimum Gasteiger partial charge on any atom is -0.484 e. The van der Waals surface area contributed by atoms with Crippen molar-refractivity contribution in [3.05, 3.63) is 11.5 Å². The number of hydrogen-bond donors (Lipinski definition) is 2. The first-order valence-corrected chi connectivity index (χ1v) is 12.4. The molecule has 8 heteroatoms. The zero-order valence-corrected chi connectivity index (χ0v) is 17.8. The number of nitrogens with zero attached hydrogens (tertiary/aromatic N) is 1. The van der Waals surface area contributed by atoms with E-state index in [-0.39, 0.29) is 5.04 Å². The minimum atomic E-state index is -1.87. The molecule has 6 nitrogen and oxygen atoms in total. The van der Waals surface area contributed by atoms with E-state index >= 15 is 0 Å². The van der Waals surface area contributed by atoms with E-state index in [1.807, 2.05) is 13.2 Å². The van der Waals surface area contributed by atoms with Gasteiger partial charge in [-0.15, -0.1) is 11.8 Å². The van der Waals surface area contributed by atoms with Crippen LogP contribution in [0, 0.1) is 0 Å². The predicted octanol–water partition coefficient (Wildman–Crippen LogP) is 3.01. The number of rotatable bonds is 8. The Morgan fingerprint density at radius 2 is 2.04 bits per heavy atom. The van der Waals surface area contributed by atoms with Crippen molar-refractivity contribution in [1.82, 2.24) is 0 Å². The van der Waals surface area contributed by atoms with Gasteiger partial charge in [0.1, 0.15) is 11.7 Å². The topological polar surface area (TPSA) is 92.1 Å². The van der Waals surface area contributed by atoms with E-state index in [1.165, 1.54) is 6.21 Å². The summed E-state index contributed by atoms with van der Waals surface area (Å²) in [5, 5.41) is 0.139. The van der Waals surface area contributed by atoms with Gasteiger partial charge >= 0.3 is 0 Å². The molecular weight excluding hydrogens is 342 g/mol. The van der Waals surface area contributed by atoms with E-state index in [0.717, 1.165) is 11.5 Å². The largest absolute Gasteiger partial charge is 0.484 e. The van der Waals surface area contributed by atoms with Crippen LogP contribution in [0.1, 0.15) is 34.1 Å². The Balaban J connectivity index is 2.86. The lowest BCUT2D eigenvalue weighted by molar-refractivity contribution is 0.0372. The summed E-state index contributed by atoms with van der Waals surface area (Å²) in [4.78, 5) is 4.39. The van der Waals surface area contributed by atoms with Crippen LogP contribution in [-0.2, 0) is 13.9 Å². The third-order valence-corrected chi connectivity index (χ3v) is 9.22. The lowest BCUT2D eigenvalue weighted by Gasteiger charge is -2.36. The minimum absolute atomic E-state index is 0.139. The first-order valence-electron chi connectivity index (χ1n) is 8.13. The Labute approximate surface area is 151 Å². The van der Waals surface area contributed by atoms with Crippen molar-refractivity contribution in [1.29, 1.82) is 0 Å². The van der Waals surface area contributed by atoms with E-state index in [1.54, 1.807) is 11.8 Å². The van der Waals surface area contributed by atoms with E-state index < -0.39 is 20.2 Å². The molecule has 0 aromatic carbocycles. The second kappa shape index (κ2) is 8.22. The summed E-state index contributed by atoms with van der Waals surface area (Å²) in [5.74, 6) is 2.09. The normalized spacial score (nSPS) is 22.6. The Bertz CT molecular complexity index is 489. The summed E-state index contributed by atoms with van der Waals surface area (Å²) in [6.45, 7) is 13.4. The van der Waals surface area contributed by atoms with Crippen LogP contribution in [-0.4, -0.2) is 45.2 Å². The van der Waals surface area contributed by atoms with Gasteiger partial charge in [-0.05, 0) is 31.3 Å². The highest BCUT2D eigenvalue weighted by Gasteiger charge is 2.41. The smallest absolute Gasteiger partial charge is 0.203 e. The molecule has 0 bridgehead atoms. The summed E-state index contributed by atoms with van der Waals surface area (Å²) in [7, 11) is -1.87. The molecule has 1 aliphatic rings. The fourth-order valence-corrected chi connectivity index (χ4v) is 3.09. The van der Waals surface area contributed by atoms with Crippen molar-refractivity contribution in [3.8, 4) is 0 Å². The van der Waals surface area contributed by atoms with Crippen LogP contribution in [0.3, 0.4) is 0 Å². The fraction of sp³-hybridized carbons (Fsp3) is 0.812. The molecule has 0 aliphatic carbocycles. The number of aliphatic imine (C=N–C) groups is 1. The van der Waals surface area contributed by atoms with Gasteiger partial charge in [-0.25, -0.2) is 4.99 Å². The number of nitrogens with two attached hydrogens (primary N) is 2. The van der Waals surface area contributed by atoms with Gasteiger partial charge < -0.3 is 25.4 Å². The van der Waals surface area contributed by atoms with Crippen LogP contribution in [0.25, 0.3) is 0 Å². The third-order valence-electron chi connectivity index (χ3n) is 4.38. The molecule has 1 heterocycles. The molecule has 1 unspecified atom stereocenters. The monoisotopic (exact) mass is 375 g/mol. The Kier molecular flexibility index (Phi) is 7.37. The first-order chi connectivity index (χ1) is 10.9. The lowest BCUT2D eigenvalue weighted by atomic mass is 10.2. The van der Waals surface area contributed by atoms with Crippen LogP contribution in [0.5, 0.6) is 0 Å². The molecule has 0 saturated carbocycles. The standard InChI is InChI=1S/C16H33N3O3SSi/c1-15(2,3)24(6,7)21-10-13-12(20-11-23-5)8-16(4,22-13)19-9-14(17)18/h9,14H,8,10-11,17-18H2,1-7H3. The predicted molar refractivity (Wildman–Crippen MR) is 104 cm³/mol. The van der Waals surface area contributed by atoms with Crippen LogP contribution in [0.2, 0.25) is 18.1 Å². The molecular formula is C16H33N3O3SSi.